The lowest BCUT2D eigenvalue weighted by Gasteiger charge is -2.18. The van der Waals surface area contributed by atoms with E-state index in [0.29, 0.717) is 19.6 Å². The second-order valence-corrected chi connectivity index (χ2v) is 4.37. The largest absolute Gasteiger partial charge is 0.466 e. The molecule has 0 saturated carbocycles. The van der Waals surface area contributed by atoms with Gasteiger partial charge in [0.1, 0.15) is 0 Å². The number of benzene rings is 1. The molecule has 3 nitrogen and oxygen atoms in total. The maximum atomic E-state index is 11.2. The molecule has 0 aliphatic rings. The summed E-state index contributed by atoms with van der Waals surface area (Å²) >= 11 is 3.42. The van der Waals surface area contributed by atoms with Crippen molar-refractivity contribution in [3.8, 4) is 0 Å². The minimum Gasteiger partial charge on any atom is -0.466 e. The third kappa shape index (κ3) is 4.23. The molecule has 1 rings (SSSR count). The van der Waals surface area contributed by atoms with Crippen molar-refractivity contribution in [3.63, 3.8) is 0 Å². The lowest BCUT2D eigenvalue weighted by atomic mass is 10.3. The van der Waals surface area contributed by atoms with Crippen molar-refractivity contribution in [2.75, 3.05) is 25.1 Å². The Balaban J connectivity index is 2.46. The number of hydrogen-bond acceptors (Lipinski definition) is 3. The van der Waals surface area contributed by atoms with Gasteiger partial charge >= 0.3 is 5.97 Å². The van der Waals surface area contributed by atoms with Gasteiger partial charge in [-0.05, 0) is 25.1 Å². The van der Waals surface area contributed by atoms with Crippen LogP contribution in [0.1, 0.15) is 13.3 Å². The van der Waals surface area contributed by atoms with Gasteiger partial charge in [-0.1, -0.05) is 22.0 Å². The number of esters is 1. The molecular formula is C12H16BrNO2. The maximum absolute atomic E-state index is 11.2. The molecule has 0 N–H and O–H groups in total. The van der Waals surface area contributed by atoms with E-state index in [4.69, 9.17) is 4.74 Å². The number of carbonyl (C=O) groups excluding carboxylic acids is 1. The maximum Gasteiger partial charge on any atom is 0.307 e. The smallest absolute Gasteiger partial charge is 0.307 e. The van der Waals surface area contributed by atoms with Gasteiger partial charge < -0.3 is 9.64 Å². The summed E-state index contributed by atoms with van der Waals surface area (Å²) in [6.45, 7) is 2.92. The van der Waals surface area contributed by atoms with E-state index in [1.54, 1.807) is 0 Å². The van der Waals surface area contributed by atoms with E-state index >= 15 is 0 Å². The number of nitrogens with zero attached hydrogens (tertiary/aromatic N) is 1. The molecule has 0 unspecified atom stereocenters. The standard InChI is InChI=1S/C12H16BrNO2/c1-3-16-12(15)7-8-14(2)11-6-4-5-10(13)9-11/h4-6,9H,3,7-8H2,1-2H3. The lowest BCUT2D eigenvalue weighted by Crippen LogP contribution is -2.21. The highest BCUT2D eigenvalue weighted by molar-refractivity contribution is 9.10. The van der Waals surface area contributed by atoms with Crippen LogP contribution in [0.4, 0.5) is 5.69 Å². The third-order valence-corrected chi connectivity index (χ3v) is 2.70. The number of ether oxygens (including phenoxy) is 1. The molecule has 16 heavy (non-hydrogen) atoms. The minimum absolute atomic E-state index is 0.149. The summed E-state index contributed by atoms with van der Waals surface area (Å²) in [6, 6.07) is 7.98. The van der Waals surface area contributed by atoms with Crippen LogP contribution in [0, 0.1) is 0 Å². The van der Waals surface area contributed by atoms with Crippen LogP contribution in [-0.2, 0) is 9.53 Å². The van der Waals surface area contributed by atoms with Crippen molar-refractivity contribution in [2.45, 2.75) is 13.3 Å². The van der Waals surface area contributed by atoms with Crippen molar-refractivity contribution in [1.82, 2.24) is 0 Å². The van der Waals surface area contributed by atoms with E-state index in [0.717, 1.165) is 10.2 Å². The number of hydrogen-bond donors (Lipinski definition) is 0. The van der Waals surface area contributed by atoms with Crippen LogP contribution in [0.2, 0.25) is 0 Å². The molecule has 0 bridgehead atoms. The van der Waals surface area contributed by atoms with Crippen LogP contribution in [0.3, 0.4) is 0 Å². The van der Waals surface area contributed by atoms with Gasteiger partial charge in [0.2, 0.25) is 0 Å². The van der Waals surface area contributed by atoms with E-state index < -0.39 is 0 Å². The first-order valence-electron chi connectivity index (χ1n) is 5.25. The summed E-state index contributed by atoms with van der Waals surface area (Å²) in [7, 11) is 1.96. The van der Waals surface area contributed by atoms with E-state index in [9.17, 15) is 4.79 Å². The van der Waals surface area contributed by atoms with Crippen molar-refractivity contribution in [1.29, 1.82) is 0 Å². The highest BCUT2D eigenvalue weighted by Crippen LogP contribution is 2.18. The van der Waals surface area contributed by atoms with Gasteiger partial charge in [-0.2, -0.15) is 0 Å². The average molecular weight is 286 g/mol. The van der Waals surface area contributed by atoms with Gasteiger partial charge in [-0.15, -0.1) is 0 Å². The molecule has 88 valence electrons. The SMILES string of the molecule is CCOC(=O)CCN(C)c1cccc(Br)c1. The molecule has 0 fully saturated rings. The van der Waals surface area contributed by atoms with E-state index in [2.05, 4.69) is 15.9 Å². The van der Waals surface area contributed by atoms with Gasteiger partial charge in [0.05, 0.1) is 13.0 Å². The van der Waals surface area contributed by atoms with Crippen LogP contribution in [0.5, 0.6) is 0 Å². The van der Waals surface area contributed by atoms with Crippen LogP contribution < -0.4 is 4.90 Å². The quantitative estimate of drug-likeness (QED) is 0.779. The summed E-state index contributed by atoms with van der Waals surface area (Å²) in [5.41, 5.74) is 1.08. The van der Waals surface area contributed by atoms with E-state index in [1.165, 1.54) is 0 Å². The summed E-state index contributed by atoms with van der Waals surface area (Å²) in [5.74, 6) is -0.149. The molecule has 0 aliphatic heterocycles. The minimum atomic E-state index is -0.149. The summed E-state index contributed by atoms with van der Waals surface area (Å²) in [4.78, 5) is 13.2. The van der Waals surface area contributed by atoms with Gasteiger partial charge in [0, 0.05) is 23.8 Å². The highest BCUT2D eigenvalue weighted by atomic mass is 79.9. The number of anilines is 1. The molecule has 0 aromatic heterocycles. The number of rotatable bonds is 5. The third-order valence-electron chi connectivity index (χ3n) is 2.21. The fourth-order valence-electron chi connectivity index (χ4n) is 1.33. The van der Waals surface area contributed by atoms with Crippen LogP contribution in [0.25, 0.3) is 0 Å². The Kier molecular flexibility index (Phi) is 5.32. The Morgan fingerprint density at radius 3 is 2.88 bits per heavy atom. The Labute approximate surface area is 105 Å². The summed E-state index contributed by atoms with van der Waals surface area (Å²) < 4.78 is 5.91. The second-order valence-electron chi connectivity index (χ2n) is 3.46. The predicted molar refractivity (Wildman–Crippen MR) is 68.7 cm³/mol. The Morgan fingerprint density at radius 1 is 1.50 bits per heavy atom. The fourth-order valence-corrected chi connectivity index (χ4v) is 1.72. The Bertz CT molecular complexity index is 355. The second kappa shape index (κ2) is 6.53. The van der Waals surface area contributed by atoms with Crippen LogP contribution >= 0.6 is 15.9 Å². The summed E-state index contributed by atoms with van der Waals surface area (Å²) in [5, 5.41) is 0. The molecule has 0 heterocycles. The predicted octanol–water partition coefficient (Wildman–Crippen LogP) is 2.84. The molecule has 1 aromatic carbocycles. The van der Waals surface area contributed by atoms with Gasteiger partial charge in [0.15, 0.2) is 0 Å². The van der Waals surface area contributed by atoms with Crippen molar-refractivity contribution >= 4 is 27.6 Å². The molecule has 0 aliphatic carbocycles. The zero-order chi connectivity index (χ0) is 12.0. The highest BCUT2D eigenvalue weighted by Gasteiger charge is 2.05. The molecule has 0 saturated heterocycles. The van der Waals surface area contributed by atoms with Crippen molar-refractivity contribution in [3.05, 3.63) is 28.7 Å². The molecule has 0 spiro atoms. The van der Waals surface area contributed by atoms with Gasteiger partial charge in [0.25, 0.3) is 0 Å². The van der Waals surface area contributed by atoms with Crippen LogP contribution in [-0.4, -0.2) is 26.2 Å². The average Bonchev–Trinajstić information content (AvgIpc) is 2.26. The van der Waals surface area contributed by atoms with E-state index in [-0.39, 0.29) is 5.97 Å². The Hall–Kier alpha value is -1.03. The fraction of sp³-hybridized carbons (Fsp3) is 0.417. The van der Waals surface area contributed by atoms with Gasteiger partial charge in [-0.25, -0.2) is 0 Å². The molecule has 4 heteroatoms. The van der Waals surface area contributed by atoms with Gasteiger partial charge in [-0.3, -0.25) is 4.79 Å². The van der Waals surface area contributed by atoms with E-state index in [1.807, 2.05) is 43.1 Å². The van der Waals surface area contributed by atoms with Crippen molar-refractivity contribution in [2.24, 2.45) is 0 Å². The van der Waals surface area contributed by atoms with Crippen molar-refractivity contribution < 1.29 is 9.53 Å². The Morgan fingerprint density at radius 2 is 2.25 bits per heavy atom. The first-order valence-corrected chi connectivity index (χ1v) is 6.05. The summed E-state index contributed by atoms with van der Waals surface area (Å²) in [6.07, 6.45) is 0.414. The lowest BCUT2D eigenvalue weighted by molar-refractivity contribution is -0.142. The molecule has 0 amide bonds. The van der Waals surface area contributed by atoms with Crippen LogP contribution in [0.15, 0.2) is 28.7 Å². The molecular weight excluding hydrogens is 270 g/mol. The molecule has 0 atom stereocenters. The molecule has 0 radical (unpaired) electrons. The zero-order valence-corrected chi connectivity index (χ0v) is 11.2. The first kappa shape index (κ1) is 13.0. The topological polar surface area (TPSA) is 29.5 Å². The normalized spacial score (nSPS) is 9.94. The zero-order valence-electron chi connectivity index (χ0n) is 9.57. The first-order chi connectivity index (χ1) is 7.63. The molecule has 1 aromatic rings. The number of carbonyl (C=O) groups is 1. The monoisotopic (exact) mass is 285 g/mol. The number of halogens is 1.